The van der Waals surface area contributed by atoms with Gasteiger partial charge in [0.15, 0.2) is 5.13 Å². The van der Waals surface area contributed by atoms with Crippen molar-refractivity contribution in [3.8, 4) is 0 Å². The number of halogens is 1. The molecule has 0 bridgehead atoms. The van der Waals surface area contributed by atoms with Crippen LogP contribution in [0, 0.1) is 0 Å². The van der Waals surface area contributed by atoms with Crippen LogP contribution in [0.4, 0.5) is 5.13 Å². The van der Waals surface area contributed by atoms with E-state index in [0.29, 0.717) is 16.0 Å². The molecule has 1 aromatic carbocycles. The number of fused-ring (bicyclic) bond motifs is 1. The second kappa shape index (κ2) is 7.84. The predicted octanol–water partition coefficient (Wildman–Crippen LogP) is 5.94. The maximum absolute atomic E-state index is 13.1. The number of benzene rings is 1. The number of nitrogens with zero attached hydrogens (tertiary/aromatic N) is 2. The summed E-state index contributed by atoms with van der Waals surface area (Å²) in [6, 6.07) is 13.6. The van der Waals surface area contributed by atoms with Crippen LogP contribution in [0.15, 0.2) is 53.1 Å². The van der Waals surface area contributed by atoms with E-state index in [9.17, 15) is 4.79 Å². The first-order valence-corrected chi connectivity index (χ1v) is 10.6. The van der Waals surface area contributed by atoms with Crippen molar-refractivity contribution in [1.29, 1.82) is 0 Å². The lowest BCUT2D eigenvalue weighted by atomic mass is 10.2. The third kappa shape index (κ3) is 4.08. The first-order chi connectivity index (χ1) is 13.1. The number of rotatable bonds is 6. The molecule has 0 aliphatic heterocycles. The second-order valence-electron chi connectivity index (χ2n) is 6.09. The molecule has 4 aromatic rings. The zero-order chi connectivity index (χ0) is 18.8. The van der Waals surface area contributed by atoms with Crippen molar-refractivity contribution < 1.29 is 9.21 Å². The number of hydrogen-bond donors (Lipinski definition) is 0. The minimum Gasteiger partial charge on any atom is -0.467 e. The normalized spacial score (nSPS) is 11.2. The summed E-state index contributed by atoms with van der Waals surface area (Å²) in [5, 5.41) is 0.683. The summed E-state index contributed by atoms with van der Waals surface area (Å²) in [6.45, 7) is 2.48. The molecule has 4 nitrogen and oxygen atoms in total. The average molecular weight is 417 g/mol. The molecule has 0 saturated carbocycles. The molecule has 1 amide bonds. The van der Waals surface area contributed by atoms with E-state index in [0.717, 1.165) is 27.3 Å². The zero-order valence-electron chi connectivity index (χ0n) is 14.6. The first kappa shape index (κ1) is 18.2. The molecule has 138 valence electrons. The smallest absolute Gasteiger partial charge is 0.234 e. The van der Waals surface area contributed by atoms with Crippen molar-refractivity contribution >= 4 is 55.5 Å². The summed E-state index contributed by atoms with van der Waals surface area (Å²) in [7, 11) is 0. The Labute approximate surface area is 170 Å². The van der Waals surface area contributed by atoms with E-state index < -0.39 is 0 Å². The average Bonchev–Trinajstić information content (AvgIpc) is 3.39. The van der Waals surface area contributed by atoms with E-state index in [2.05, 4.69) is 19.1 Å². The van der Waals surface area contributed by atoms with Gasteiger partial charge in [0.2, 0.25) is 5.91 Å². The second-order valence-corrected chi connectivity index (χ2v) is 8.90. The van der Waals surface area contributed by atoms with Gasteiger partial charge >= 0.3 is 0 Å². The number of amides is 1. The molecule has 0 saturated heterocycles. The van der Waals surface area contributed by atoms with Crippen LogP contribution in [-0.2, 0) is 24.2 Å². The van der Waals surface area contributed by atoms with Crippen LogP contribution in [0.3, 0.4) is 0 Å². The van der Waals surface area contributed by atoms with Gasteiger partial charge in [0, 0.05) is 4.88 Å². The number of thiophene rings is 1. The Hall–Kier alpha value is -2.15. The monoisotopic (exact) mass is 416 g/mol. The Morgan fingerprint density at radius 1 is 1.22 bits per heavy atom. The van der Waals surface area contributed by atoms with Crippen LogP contribution in [-0.4, -0.2) is 10.9 Å². The van der Waals surface area contributed by atoms with Crippen LogP contribution < -0.4 is 4.90 Å². The van der Waals surface area contributed by atoms with Crippen molar-refractivity contribution in [2.45, 2.75) is 26.3 Å². The fraction of sp³-hybridized carbons (Fsp3) is 0.200. The van der Waals surface area contributed by atoms with Gasteiger partial charge < -0.3 is 4.42 Å². The summed E-state index contributed by atoms with van der Waals surface area (Å²) in [6.07, 6.45) is 2.87. The topological polar surface area (TPSA) is 46.3 Å². The number of furan rings is 1. The molecule has 4 rings (SSSR count). The minimum absolute atomic E-state index is 0.0281. The number of carbonyl (C=O) groups excluding carboxylic acids is 1. The number of carbonyl (C=O) groups is 1. The predicted molar refractivity (Wildman–Crippen MR) is 112 cm³/mol. The molecular formula is C20H17ClN2O2S2. The molecule has 3 heterocycles. The summed E-state index contributed by atoms with van der Waals surface area (Å²) < 4.78 is 7.23. The van der Waals surface area contributed by atoms with Gasteiger partial charge in [-0.2, -0.15) is 0 Å². The van der Waals surface area contributed by atoms with Crippen molar-refractivity contribution in [1.82, 2.24) is 4.98 Å². The number of anilines is 1. The third-order valence-electron chi connectivity index (χ3n) is 4.23. The van der Waals surface area contributed by atoms with Gasteiger partial charge in [-0.25, -0.2) is 4.98 Å². The maximum Gasteiger partial charge on any atom is 0.234 e. The standard InChI is InChI=1S/C20H17ClN2O2S2/c1-2-13-5-7-16-17(10-13)27-20(22-16)23(12-14-4-3-9-25-14)19(24)11-15-6-8-18(21)26-15/h3-10H,2,11-12H2,1H3. The molecule has 0 unspecified atom stereocenters. The van der Waals surface area contributed by atoms with E-state index in [1.165, 1.54) is 28.2 Å². The van der Waals surface area contributed by atoms with Gasteiger partial charge in [-0.05, 0) is 48.4 Å². The Morgan fingerprint density at radius 3 is 2.81 bits per heavy atom. The number of thiazole rings is 1. The van der Waals surface area contributed by atoms with Gasteiger partial charge in [0.25, 0.3) is 0 Å². The van der Waals surface area contributed by atoms with Crippen LogP contribution in [0.1, 0.15) is 23.1 Å². The Morgan fingerprint density at radius 2 is 2.11 bits per heavy atom. The molecule has 3 aromatic heterocycles. The third-order valence-corrected chi connectivity index (χ3v) is 6.50. The number of aromatic nitrogens is 1. The lowest BCUT2D eigenvalue weighted by Crippen LogP contribution is -2.31. The molecule has 7 heteroatoms. The van der Waals surface area contributed by atoms with Gasteiger partial charge in [0.05, 0.1) is 33.8 Å². The van der Waals surface area contributed by atoms with Crippen LogP contribution in [0.2, 0.25) is 4.34 Å². The quantitative estimate of drug-likeness (QED) is 0.390. The molecule has 0 atom stereocenters. The fourth-order valence-electron chi connectivity index (χ4n) is 2.80. The SMILES string of the molecule is CCc1ccc2nc(N(Cc3ccco3)C(=O)Cc3ccc(Cl)s3)sc2c1. The molecule has 0 aliphatic carbocycles. The van der Waals surface area contributed by atoms with E-state index in [-0.39, 0.29) is 12.3 Å². The zero-order valence-corrected chi connectivity index (χ0v) is 17.0. The van der Waals surface area contributed by atoms with Gasteiger partial charge in [0.1, 0.15) is 5.76 Å². The highest BCUT2D eigenvalue weighted by atomic mass is 35.5. The van der Waals surface area contributed by atoms with Crippen LogP contribution >= 0.6 is 34.3 Å². The summed E-state index contributed by atoms with van der Waals surface area (Å²) in [5.41, 5.74) is 2.17. The first-order valence-electron chi connectivity index (χ1n) is 8.59. The molecule has 0 fully saturated rings. The Bertz CT molecular complexity index is 1070. The summed E-state index contributed by atoms with van der Waals surface area (Å²) in [4.78, 5) is 20.4. The Kier molecular flexibility index (Phi) is 5.29. The highest BCUT2D eigenvalue weighted by molar-refractivity contribution is 7.22. The number of aryl methyl sites for hydroxylation is 1. The number of hydrogen-bond acceptors (Lipinski definition) is 5. The highest BCUT2D eigenvalue weighted by Crippen LogP contribution is 2.32. The van der Waals surface area contributed by atoms with Crippen molar-refractivity contribution in [2.75, 3.05) is 4.90 Å². The molecule has 0 N–H and O–H groups in total. The van der Waals surface area contributed by atoms with Gasteiger partial charge in [-0.15, -0.1) is 11.3 Å². The van der Waals surface area contributed by atoms with Crippen LogP contribution in [0.25, 0.3) is 10.2 Å². The maximum atomic E-state index is 13.1. The van der Waals surface area contributed by atoms with Crippen molar-refractivity contribution in [2.24, 2.45) is 0 Å². The lowest BCUT2D eigenvalue weighted by Gasteiger charge is -2.18. The molecule has 0 spiro atoms. The van der Waals surface area contributed by atoms with Crippen molar-refractivity contribution in [3.05, 3.63) is 69.3 Å². The highest BCUT2D eigenvalue weighted by Gasteiger charge is 2.22. The fourth-order valence-corrected chi connectivity index (χ4v) is 4.93. The minimum atomic E-state index is -0.0281. The molecule has 0 aliphatic rings. The van der Waals surface area contributed by atoms with E-state index in [4.69, 9.17) is 21.0 Å². The Balaban J connectivity index is 1.67. The molecule has 27 heavy (non-hydrogen) atoms. The summed E-state index contributed by atoms with van der Waals surface area (Å²) >= 11 is 8.96. The molecular weight excluding hydrogens is 400 g/mol. The lowest BCUT2D eigenvalue weighted by molar-refractivity contribution is -0.118. The molecule has 0 radical (unpaired) electrons. The summed E-state index contributed by atoms with van der Waals surface area (Å²) in [5.74, 6) is 0.695. The largest absolute Gasteiger partial charge is 0.467 e. The van der Waals surface area contributed by atoms with Crippen LogP contribution in [0.5, 0.6) is 0 Å². The van der Waals surface area contributed by atoms with E-state index in [1.54, 1.807) is 11.2 Å². The van der Waals surface area contributed by atoms with Gasteiger partial charge in [-0.1, -0.05) is 35.9 Å². The van der Waals surface area contributed by atoms with E-state index in [1.807, 2.05) is 30.3 Å². The van der Waals surface area contributed by atoms with E-state index >= 15 is 0 Å². The van der Waals surface area contributed by atoms with Gasteiger partial charge in [-0.3, -0.25) is 9.69 Å². The van der Waals surface area contributed by atoms with Crippen molar-refractivity contribution in [3.63, 3.8) is 0 Å².